The minimum absolute atomic E-state index is 0.180. The summed E-state index contributed by atoms with van der Waals surface area (Å²) in [7, 11) is 0. The summed E-state index contributed by atoms with van der Waals surface area (Å²) in [5.74, 6) is 2.24. The summed E-state index contributed by atoms with van der Waals surface area (Å²) < 4.78 is 0. The molecule has 29 heavy (non-hydrogen) atoms. The first kappa shape index (κ1) is 18.1. The van der Waals surface area contributed by atoms with E-state index < -0.39 is 0 Å². The number of hydrogen-bond acceptors (Lipinski definition) is 5. The van der Waals surface area contributed by atoms with Gasteiger partial charge in [0.1, 0.15) is 18.2 Å². The summed E-state index contributed by atoms with van der Waals surface area (Å²) in [6, 6.07) is 13.1. The molecule has 0 spiro atoms. The fourth-order valence-electron chi connectivity index (χ4n) is 5.31. The maximum absolute atomic E-state index is 4.70. The van der Waals surface area contributed by atoms with Crippen molar-refractivity contribution in [3.63, 3.8) is 0 Å². The molecular weight excluding hydrogens is 358 g/mol. The lowest BCUT2D eigenvalue weighted by Gasteiger charge is -2.39. The Hall–Kier alpha value is -2.95. The summed E-state index contributed by atoms with van der Waals surface area (Å²) in [6.45, 7) is 4.66. The maximum Gasteiger partial charge on any atom is 0.162 e. The lowest BCUT2D eigenvalue weighted by atomic mass is 9.77. The zero-order valence-corrected chi connectivity index (χ0v) is 17.1. The molecule has 0 radical (unpaired) electrons. The van der Waals surface area contributed by atoms with Crippen LogP contribution in [0.2, 0.25) is 0 Å². The van der Waals surface area contributed by atoms with E-state index in [0.717, 1.165) is 23.6 Å². The number of para-hydroxylation sites is 1. The highest BCUT2D eigenvalue weighted by atomic mass is 15.4. The van der Waals surface area contributed by atoms with E-state index in [2.05, 4.69) is 63.9 Å². The molecule has 0 aliphatic carbocycles. The molecule has 0 bridgehead atoms. The van der Waals surface area contributed by atoms with E-state index in [0.29, 0.717) is 11.8 Å². The van der Waals surface area contributed by atoms with Crippen LogP contribution >= 0.6 is 0 Å². The zero-order valence-electron chi connectivity index (χ0n) is 17.1. The quantitative estimate of drug-likeness (QED) is 0.570. The molecule has 0 N–H and O–H groups in total. The van der Waals surface area contributed by atoms with E-state index in [1.165, 1.54) is 30.5 Å². The largest absolute Gasteiger partial charge is 0.315 e. The Balaban J connectivity index is 1.72. The van der Waals surface area contributed by atoms with Gasteiger partial charge < -0.3 is 9.80 Å². The molecule has 3 unspecified atom stereocenters. The number of benzene rings is 1. The van der Waals surface area contributed by atoms with Crippen molar-refractivity contribution in [2.24, 2.45) is 5.92 Å². The number of nitrogens with zero attached hydrogens (tertiary/aromatic N) is 5. The minimum atomic E-state index is 0.180. The molecule has 2 aliphatic rings. The Morgan fingerprint density at radius 1 is 0.897 bits per heavy atom. The Morgan fingerprint density at radius 2 is 1.79 bits per heavy atom. The molecule has 2 aliphatic heterocycles. The van der Waals surface area contributed by atoms with Crippen LogP contribution in [0.25, 0.3) is 0 Å². The Bertz CT molecular complexity index is 989. The summed E-state index contributed by atoms with van der Waals surface area (Å²) >= 11 is 0. The normalized spacial score (nSPS) is 23.0. The molecule has 3 atom stereocenters. The molecule has 2 aromatic heterocycles. The van der Waals surface area contributed by atoms with Crippen molar-refractivity contribution in [2.75, 3.05) is 9.80 Å². The standard InChI is InChI=1S/C24H27N5/c1-3-17-11-12-23-28(18-8-7-13-25-14-18)24-22(15-26-16-27-24)29(23)21-10-6-5-9-20(21)19(17)4-2/h5-10,13-17,19,23H,3-4,11-12H2,1-2H3. The smallest absolute Gasteiger partial charge is 0.162 e. The van der Waals surface area contributed by atoms with Gasteiger partial charge in [-0.3, -0.25) is 4.98 Å². The van der Waals surface area contributed by atoms with E-state index in [1.807, 2.05) is 24.7 Å². The van der Waals surface area contributed by atoms with Gasteiger partial charge in [0.15, 0.2) is 5.82 Å². The van der Waals surface area contributed by atoms with Crippen molar-refractivity contribution in [2.45, 2.75) is 51.6 Å². The van der Waals surface area contributed by atoms with Crippen LogP contribution in [0.1, 0.15) is 51.0 Å². The van der Waals surface area contributed by atoms with Gasteiger partial charge in [0.05, 0.1) is 18.1 Å². The average Bonchev–Trinajstić information content (AvgIpc) is 3.09. The number of anilines is 4. The maximum atomic E-state index is 4.70. The van der Waals surface area contributed by atoms with Crippen LogP contribution in [-0.4, -0.2) is 21.1 Å². The van der Waals surface area contributed by atoms with Crippen molar-refractivity contribution in [3.05, 3.63) is 66.9 Å². The second-order valence-electron chi connectivity index (χ2n) is 7.98. The van der Waals surface area contributed by atoms with Gasteiger partial charge in [-0.25, -0.2) is 9.97 Å². The van der Waals surface area contributed by atoms with Crippen LogP contribution in [-0.2, 0) is 0 Å². The van der Waals surface area contributed by atoms with Crippen LogP contribution in [0.3, 0.4) is 0 Å². The van der Waals surface area contributed by atoms with Gasteiger partial charge in [0, 0.05) is 11.9 Å². The zero-order chi connectivity index (χ0) is 19.8. The van der Waals surface area contributed by atoms with E-state index in [1.54, 1.807) is 6.33 Å². The third-order valence-electron chi connectivity index (χ3n) is 6.61. The molecule has 0 fully saturated rings. The number of rotatable bonds is 3. The van der Waals surface area contributed by atoms with Crippen LogP contribution in [0.15, 0.2) is 61.3 Å². The average molecular weight is 386 g/mol. The minimum Gasteiger partial charge on any atom is -0.315 e. The summed E-state index contributed by atoms with van der Waals surface area (Å²) in [4.78, 5) is 18.3. The number of aromatic nitrogens is 3. The number of pyridine rings is 1. The monoisotopic (exact) mass is 385 g/mol. The molecule has 3 aromatic rings. The first-order valence-electron chi connectivity index (χ1n) is 10.7. The topological polar surface area (TPSA) is 45.2 Å². The van der Waals surface area contributed by atoms with Gasteiger partial charge in [-0.15, -0.1) is 0 Å². The lowest BCUT2D eigenvalue weighted by Crippen LogP contribution is -2.40. The first-order valence-corrected chi connectivity index (χ1v) is 10.7. The fraction of sp³-hybridized carbons (Fsp3) is 0.375. The first-order chi connectivity index (χ1) is 14.3. The van der Waals surface area contributed by atoms with E-state index in [-0.39, 0.29) is 6.17 Å². The second-order valence-corrected chi connectivity index (χ2v) is 7.98. The van der Waals surface area contributed by atoms with Crippen LogP contribution in [0, 0.1) is 5.92 Å². The second kappa shape index (κ2) is 7.47. The summed E-state index contributed by atoms with van der Waals surface area (Å²) in [5.41, 5.74) is 4.91. The molecule has 0 amide bonds. The number of fused-ring (bicyclic) bond motifs is 5. The molecule has 1 aromatic carbocycles. The Labute approximate surface area is 172 Å². The van der Waals surface area contributed by atoms with Gasteiger partial charge in [-0.2, -0.15) is 0 Å². The van der Waals surface area contributed by atoms with Crippen molar-refractivity contribution in [1.82, 2.24) is 15.0 Å². The molecular formula is C24H27N5. The SMILES string of the molecule is CCC1CCC2N(c3ccccc3C1CC)c1cncnc1N2c1cccnc1. The molecule has 148 valence electrons. The summed E-state index contributed by atoms with van der Waals surface area (Å²) in [6.07, 6.45) is 12.2. The van der Waals surface area contributed by atoms with Gasteiger partial charge in [0.25, 0.3) is 0 Å². The summed E-state index contributed by atoms with van der Waals surface area (Å²) in [5, 5.41) is 0. The molecule has 0 saturated carbocycles. The van der Waals surface area contributed by atoms with Gasteiger partial charge in [0.2, 0.25) is 0 Å². The molecule has 5 heteroatoms. The van der Waals surface area contributed by atoms with E-state index in [9.17, 15) is 0 Å². The predicted octanol–water partition coefficient (Wildman–Crippen LogP) is 5.80. The highest BCUT2D eigenvalue weighted by Gasteiger charge is 2.42. The van der Waals surface area contributed by atoms with Crippen LogP contribution in [0.4, 0.5) is 22.9 Å². The molecule has 0 saturated heterocycles. The van der Waals surface area contributed by atoms with Gasteiger partial charge >= 0.3 is 0 Å². The number of hydrogen-bond donors (Lipinski definition) is 0. The Kier molecular flexibility index (Phi) is 4.66. The van der Waals surface area contributed by atoms with E-state index in [4.69, 9.17) is 4.98 Å². The van der Waals surface area contributed by atoms with Crippen molar-refractivity contribution < 1.29 is 0 Å². The predicted molar refractivity (Wildman–Crippen MR) is 117 cm³/mol. The highest BCUT2D eigenvalue weighted by Crippen LogP contribution is 2.52. The Morgan fingerprint density at radius 3 is 2.59 bits per heavy atom. The van der Waals surface area contributed by atoms with Crippen molar-refractivity contribution in [1.29, 1.82) is 0 Å². The van der Waals surface area contributed by atoms with Crippen molar-refractivity contribution >= 4 is 22.9 Å². The highest BCUT2D eigenvalue weighted by molar-refractivity contribution is 5.86. The third-order valence-corrected chi connectivity index (χ3v) is 6.61. The van der Waals surface area contributed by atoms with Crippen LogP contribution in [0.5, 0.6) is 0 Å². The third kappa shape index (κ3) is 2.87. The van der Waals surface area contributed by atoms with Crippen LogP contribution < -0.4 is 9.80 Å². The van der Waals surface area contributed by atoms with Gasteiger partial charge in [-0.05, 0) is 54.9 Å². The molecule has 4 heterocycles. The van der Waals surface area contributed by atoms with Crippen molar-refractivity contribution in [3.8, 4) is 0 Å². The van der Waals surface area contributed by atoms with Gasteiger partial charge in [-0.1, -0.05) is 38.5 Å². The molecule has 5 nitrogen and oxygen atoms in total. The fourth-order valence-corrected chi connectivity index (χ4v) is 5.31. The molecule has 5 rings (SSSR count). The lowest BCUT2D eigenvalue weighted by molar-refractivity contribution is 0.346. The van der Waals surface area contributed by atoms with E-state index >= 15 is 0 Å².